The molecule has 7 nitrogen and oxygen atoms in total. The summed E-state index contributed by atoms with van der Waals surface area (Å²) in [7, 11) is 0. The molecule has 0 bridgehead atoms. The molecule has 186 valence electrons. The Balaban J connectivity index is 1.73. The summed E-state index contributed by atoms with van der Waals surface area (Å²) in [5.74, 6) is -1.30. The largest absolute Gasteiger partial charge is 0.457 e. The summed E-state index contributed by atoms with van der Waals surface area (Å²) in [6, 6.07) is 0. The minimum absolute atomic E-state index is 0.0186. The maximum absolute atomic E-state index is 13.5. The van der Waals surface area contributed by atoms with Gasteiger partial charge in [0.15, 0.2) is 18.0 Å². The minimum atomic E-state index is -1.44. The Bertz CT molecular complexity index is 979. The second-order valence-corrected chi connectivity index (χ2v) is 11.1. The first-order valence-corrected chi connectivity index (χ1v) is 12.4. The van der Waals surface area contributed by atoms with Crippen molar-refractivity contribution in [3.63, 3.8) is 0 Å². The Hall–Kier alpha value is -2.28. The van der Waals surface area contributed by atoms with Crippen molar-refractivity contribution in [1.82, 2.24) is 0 Å². The van der Waals surface area contributed by atoms with E-state index in [0.29, 0.717) is 19.3 Å². The molecule has 0 aromatic heterocycles. The Kier molecular flexibility index (Phi) is 6.16. The van der Waals surface area contributed by atoms with Crippen LogP contribution in [0.2, 0.25) is 0 Å². The number of fused-ring (bicyclic) bond motifs is 5. The van der Waals surface area contributed by atoms with Gasteiger partial charge in [0.2, 0.25) is 5.78 Å². The molecule has 8 atom stereocenters. The number of allylic oxidation sites excluding steroid dienone is 4. The number of hydrogen-bond acceptors (Lipinski definition) is 7. The van der Waals surface area contributed by atoms with E-state index in [1.165, 1.54) is 6.92 Å². The second-order valence-electron chi connectivity index (χ2n) is 11.1. The van der Waals surface area contributed by atoms with Gasteiger partial charge in [0.1, 0.15) is 0 Å². The van der Waals surface area contributed by atoms with Crippen molar-refractivity contribution in [2.75, 3.05) is 6.61 Å². The van der Waals surface area contributed by atoms with Crippen LogP contribution < -0.4 is 0 Å². The van der Waals surface area contributed by atoms with Crippen LogP contribution in [0.4, 0.5) is 0 Å². The van der Waals surface area contributed by atoms with Gasteiger partial charge >= 0.3 is 11.9 Å². The Morgan fingerprint density at radius 2 is 1.94 bits per heavy atom. The van der Waals surface area contributed by atoms with Crippen LogP contribution in [-0.2, 0) is 28.7 Å². The molecule has 3 fully saturated rings. The second kappa shape index (κ2) is 8.43. The van der Waals surface area contributed by atoms with Crippen molar-refractivity contribution in [2.45, 2.75) is 78.4 Å². The van der Waals surface area contributed by atoms with E-state index in [9.17, 15) is 24.3 Å². The lowest BCUT2D eigenvalue weighted by Gasteiger charge is -2.61. The van der Waals surface area contributed by atoms with E-state index < -0.39 is 46.9 Å². The topological polar surface area (TPSA) is 107 Å². The van der Waals surface area contributed by atoms with Crippen LogP contribution in [-0.4, -0.2) is 46.9 Å². The minimum Gasteiger partial charge on any atom is -0.457 e. The van der Waals surface area contributed by atoms with Gasteiger partial charge < -0.3 is 14.6 Å². The van der Waals surface area contributed by atoms with Gasteiger partial charge in [-0.3, -0.25) is 19.2 Å². The number of esters is 2. The number of hydrogen-bond donors (Lipinski definition) is 1. The zero-order valence-corrected chi connectivity index (χ0v) is 20.8. The molecule has 1 N–H and O–H groups in total. The molecule has 0 aliphatic heterocycles. The maximum atomic E-state index is 13.5. The SMILES string of the molecule is CCC(=O)OCC(=O)[C@@]1(OC(C)=O)CC[C@H]2[C@@H]3C[C@H](C)C4=CC(=O)C=C[C@]4(C)[C@H]3[C@@H](O)C[C@@]21C. The van der Waals surface area contributed by atoms with Crippen molar-refractivity contribution in [2.24, 2.45) is 34.5 Å². The molecule has 34 heavy (non-hydrogen) atoms. The van der Waals surface area contributed by atoms with E-state index in [1.54, 1.807) is 19.1 Å². The molecular weight excluding hydrogens is 436 g/mol. The normalized spacial score (nSPS) is 42.7. The fourth-order valence-electron chi connectivity index (χ4n) is 8.03. The molecule has 0 radical (unpaired) electrons. The molecule has 7 heteroatoms. The van der Waals surface area contributed by atoms with Gasteiger partial charge in [-0.15, -0.1) is 0 Å². The third-order valence-electron chi connectivity index (χ3n) is 9.36. The fraction of sp³-hybridized carbons (Fsp3) is 0.704. The monoisotopic (exact) mass is 472 g/mol. The van der Waals surface area contributed by atoms with Crippen LogP contribution in [0.3, 0.4) is 0 Å². The van der Waals surface area contributed by atoms with Crippen LogP contribution in [0, 0.1) is 34.5 Å². The Morgan fingerprint density at radius 3 is 2.59 bits per heavy atom. The van der Waals surface area contributed by atoms with E-state index in [0.717, 1.165) is 12.0 Å². The molecule has 0 unspecified atom stereocenters. The van der Waals surface area contributed by atoms with E-state index in [-0.39, 0.29) is 35.9 Å². The molecular formula is C27H36O7. The highest BCUT2D eigenvalue weighted by molar-refractivity contribution is 6.01. The first-order valence-electron chi connectivity index (χ1n) is 12.4. The van der Waals surface area contributed by atoms with E-state index in [2.05, 4.69) is 13.8 Å². The van der Waals surface area contributed by atoms with Crippen molar-refractivity contribution in [3.8, 4) is 0 Å². The van der Waals surface area contributed by atoms with Crippen LogP contribution in [0.5, 0.6) is 0 Å². The predicted octanol–water partition coefficient (Wildman–Crippen LogP) is 3.34. The quantitative estimate of drug-likeness (QED) is 0.612. The van der Waals surface area contributed by atoms with E-state index in [4.69, 9.17) is 9.47 Å². The number of rotatable bonds is 5. The first-order chi connectivity index (χ1) is 15.9. The number of carbonyl (C=O) groups is 4. The summed E-state index contributed by atoms with van der Waals surface area (Å²) < 4.78 is 11.0. The lowest BCUT2D eigenvalue weighted by molar-refractivity contribution is -0.200. The number of carbonyl (C=O) groups excluding carboxylic acids is 4. The van der Waals surface area contributed by atoms with Gasteiger partial charge in [-0.1, -0.05) is 39.3 Å². The highest BCUT2D eigenvalue weighted by atomic mass is 16.6. The fourth-order valence-corrected chi connectivity index (χ4v) is 8.03. The summed E-state index contributed by atoms with van der Waals surface area (Å²) >= 11 is 0. The summed E-state index contributed by atoms with van der Waals surface area (Å²) in [6.45, 7) is 8.67. The number of ketones is 2. The maximum Gasteiger partial charge on any atom is 0.305 e. The lowest BCUT2D eigenvalue weighted by atomic mass is 9.44. The van der Waals surface area contributed by atoms with Gasteiger partial charge in [0.25, 0.3) is 0 Å². The summed E-state index contributed by atoms with van der Waals surface area (Å²) in [6.07, 6.45) is 6.78. The van der Waals surface area contributed by atoms with Gasteiger partial charge in [-0.25, -0.2) is 0 Å². The van der Waals surface area contributed by atoms with Gasteiger partial charge in [0, 0.05) is 30.1 Å². The van der Waals surface area contributed by atoms with Crippen LogP contribution in [0.1, 0.15) is 66.7 Å². The van der Waals surface area contributed by atoms with E-state index >= 15 is 0 Å². The lowest BCUT2D eigenvalue weighted by Crippen LogP contribution is -2.63. The zero-order valence-electron chi connectivity index (χ0n) is 20.8. The van der Waals surface area contributed by atoms with Crippen LogP contribution >= 0.6 is 0 Å². The molecule has 0 spiro atoms. The molecule has 0 heterocycles. The van der Waals surface area contributed by atoms with E-state index in [1.807, 2.05) is 13.0 Å². The zero-order chi connectivity index (χ0) is 25.1. The molecule has 4 rings (SSSR count). The first kappa shape index (κ1) is 24.8. The van der Waals surface area contributed by atoms with Crippen molar-refractivity contribution in [1.29, 1.82) is 0 Å². The third kappa shape index (κ3) is 3.50. The predicted molar refractivity (Wildman–Crippen MR) is 123 cm³/mol. The van der Waals surface area contributed by atoms with Crippen molar-refractivity contribution in [3.05, 3.63) is 23.8 Å². The smallest absolute Gasteiger partial charge is 0.305 e. The highest BCUT2D eigenvalue weighted by Gasteiger charge is 2.70. The molecule has 3 saturated carbocycles. The Morgan fingerprint density at radius 1 is 1.24 bits per heavy atom. The highest BCUT2D eigenvalue weighted by Crippen LogP contribution is 2.68. The van der Waals surface area contributed by atoms with Crippen molar-refractivity contribution >= 4 is 23.5 Å². The molecule has 4 aliphatic carbocycles. The van der Waals surface area contributed by atoms with Crippen LogP contribution in [0.15, 0.2) is 23.8 Å². The number of aliphatic hydroxyl groups excluding tert-OH is 1. The molecule has 0 aromatic rings. The average molecular weight is 473 g/mol. The molecule has 0 aromatic carbocycles. The Labute approximate surface area is 200 Å². The van der Waals surface area contributed by atoms with Crippen molar-refractivity contribution < 1.29 is 33.8 Å². The summed E-state index contributed by atoms with van der Waals surface area (Å²) in [5.41, 5.74) is -1.61. The summed E-state index contributed by atoms with van der Waals surface area (Å²) in [4.78, 5) is 49.6. The number of Topliss-reactive ketones (excluding diaryl/α,β-unsaturated/α-hetero) is 1. The van der Waals surface area contributed by atoms with Gasteiger partial charge in [-0.2, -0.15) is 0 Å². The summed E-state index contributed by atoms with van der Waals surface area (Å²) in [5, 5.41) is 11.6. The van der Waals surface area contributed by atoms with Crippen LogP contribution in [0.25, 0.3) is 0 Å². The van der Waals surface area contributed by atoms with Gasteiger partial charge in [0.05, 0.1) is 6.10 Å². The molecule has 0 saturated heterocycles. The molecule has 0 amide bonds. The third-order valence-corrected chi connectivity index (χ3v) is 9.36. The molecule has 4 aliphatic rings. The number of aliphatic hydroxyl groups is 1. The van der Waals surface area contributed by atoms with Gasteiger partial charge in [-0.05, 0) is 55.6 Å². The standard InChI is InChI=1S/C27H36O7/c1-6-23(32)33-14-22(31)27(34-16(3)28)10-8-19-18-11-15(2)20-12-17(29)7-9-25(20,4)24(18)21(30)13-26(19,27)5/h7,9,12,15,18-19,21,24,30H,6,8,10-11,13-14H2,1-5H3/t15-,18-,19-,21-,24+,25-,26-,27-/m0/s1. The number of ether oxygens (including phenoxy) is 2. The average Bonchev–Trinajstić information content (AvgIpc) is 3.04.